The van der Waals surface area contributed by atoms with E-state index in [4.69, 9.17) is 9.47 Å². The Morgan fingerprint density at radius 2 is 0.526 bits per heavy atom. The van der Waals surface area contributed by atoms with E-state index >= 15 is 0 Å². The van der Waals surface area contributed by atoms with Crippen molar-refractivity contribution >= 4 is 11.9 Å². The monoisotopic (exact) mass is 1050 g/mol. The molecule has 0 aromatic heterocycles. The predicted molar refractivity (Wildman–Crippen MR) is 334 cm³/mol. The highest BCUT2D eigenvalue weighted by Crippen LogP contribution is 2.17. The zero-order valence-electron chi connectivity index (χ0n) is 50.0. The average molecular weight is 1060 g/mol. The molecule has 1 unspecified atom stereocenters. The minimum absolute atomic E-state index is 0.0697. The van der Waals surface area contributed by atoms with Crippen LogP contribution in [0.2, 0.25) is 0 Å². The number of hydrogen-bond donors (Lipinski definition) is 1. The van der Waals surface area contributed by atoms with E-state index in [9.17, 15) is 14.7 Å². The molecule has 0 fully saturated rings. The summed E-state index contributed by atoms with van der Waals surface area (Å²) < 4.78 is 10.7. The van der Waals surface area contributed by atoms with Crippen molar-refractivity contribution in [2.24, 2.45) is 0 Å². The number of esters is 2. The largest absolute Gasteiger partial charge is 0.462 e. The molecule has 436 valence electrons. The van der Waals surface area contributed by atoms with E-state index in [2.05, 4.69) is 123 Å². The summed E-state index contributed by atoms with van der Waals surface area (Å²) in [6, 6.07) is 0. The van der Waals surface area contributed by atoms with Crippen molar-refractivity contribution in [3.8, 4) is 0 Å². The van der Waals surface area contributed by atoms with E-state index in [1.165, 1.54) is 186 Å². The Morgan fingerprint density at radius 3 is 0.789 bits per heavy atom. The summed E-state index contributed by atoms with van der Waals surface area (Å²) in [4.78, 5) is 24.6. The van der Waals surface area contributed by atoms with Crippen LogP contribution in [0.3, 0.4) is 0 Å². The molecular weight excluding hydrogens is 933 g/mol. The van der Waals surface area contributed by atoms with E-state index in [0.29, 0.717) is 12.8 Å². The van der Waals surface area contributed by atoms with Crippen LogP contribution in [0.15, 0.2) is 109 Å². The zero-order chi connectivity index (χ0) is 54.8. The minimum Gasteiger partial charge on any atom is -0.462 e. The van der Waals surface area contributed by atoms with Crippen molar-refractivity contribution in [1.82, 2.24) is 0 Å². The molecular formula is C71H122O5. The van der Waals surface area contributed by atoms with Crippen LogP contribution in [0.25, 0.3) is 0 Å². The molecule has 0 bridgehead atoms. The van der Waals surface area contributed by atoms with Crippen LogP contribution in [0.5, 0.6) is 0 Å². The van der Waals surface area contributed by atoms with Gasteiger partial charge in [0.15, 0.2) is 6.10 Å². The Bertz CT molecular complexity index is 1470. The van der Waals surface area contributed by atoms with Crippen LogP contribution in [0.4, 0.5) is 0 Å². The Labute approximate surface area is 471 Å². The van der Waals surface area contributed by atoms with Gasteiger partial charge in [0.05, 0.1) is 6.61 Å². The van der Waals surface area contributed by atoms with Crippen molar-refractivity contribution in [2.45, 2.75) is 315 Å². The maximum Gasteiger partial charge on any atom is 0.306 e. The number of aliphatic hydroxyl groups is 1. The summed E-state index contributed by atoms with van der Waals surface area (Å²) in [7, 11) is 0. The number of rotatable bonds is 59. The molecule has 0 rings (SSSR count). The molecule has 0 aliphatic heterocycles. The van der Waals surface area contributed by atoms with Crippen molar-refractivity contribution < 1.29 is 24.2 Å². The molecule has 0 aromatic rings. The lowest BCUT2D eigenvalue weighted by molar-refractivity contribution is -0.161. The third-order valence-electron chi connectivity index (χ3n) is 14.1. The molecule has 0 amide bonds. The van der Waals surface area contributed by atoms with Crippen LogP contribution >= 0.6 is 0 Å². The molecule has 1 atom stereocenters. The van der Waals surface area contributed by atoms with Gasteiger partial charge in [-0.3, -0.25) is 9.59 Å². The van der Waals surface area contributed by atoms with Gasteiger partial charge in [-0.05, 0) is 96.3 Å². The normalized spacial score (nSPS) is 12.9. The summed E-state index contributed by atoms with van der Waals surface area (Å²) >= 11 is 0. The van der Waals surface area contributed by atoms with Crippen LogP contribution in [0, 0.1) is 0 Å². The van der Waals surface area contributed by atoms with Gasteiger partial charge < -0.3 is 14.6 Å². The average Bonchev–Trinajstić information content (AvgIpc) is 3.42. The summed E-state index contributed by atoms with van der Waals surface area (Å²) in [5, 5.41) is 9.68. The standard InChI is InChI=1S/C71H122O5/c1-3-5-7-9-11-13-15-17-19-21-23-25-27-29-30-31-32-33-34-35-36-37-38-39-40-42-43-45-47-49-51-53-55-57-59-61-63-65-70(73)75-68-69(67-72)76-71(74)66-64-62-60-58-56-54-52-50-48-46-44-41-28-26-24-22-20-18-16-14-12-10-8-6-4-2/h5-8,11-14,17-20,23-26,41,44,69,72H,3-4,9-10,15-16,21-22,27-40,42-43,45-68H2,1-2H3/b7-5-,8-6-,13-11-,14-12-,19-17-,20-18-,25-23-,26-24-,44-41-. The molecule has 76 heavy (non-hydrogen) atoms. The van der Waals surface area contributed by atoms with Gasteiger partial charge in [-0.2, -0.15) is 0 Å². The Balaban J connectivity index is 3.44. The number of unbranched alkanes of at least 4 members (excludes halogenated alkanes) is 33. The lowest BCUT2D eigenvalue weighted by Gasteiger charge is -2.15. The van der Waals surface area contributed by atoms with Gasteiger partial charge in [-0.15, -0.1) is 0 Å². The van der Waals surface area contributed by atoms with Crippen LogP contribution in [0.1, 0.15) is 309 Å². The molecule has 0 heterocycles. The first kappa shape index (κ1) is 72.6. The number of carbonyl (C=O) groups excluding carboxylic acids is 2. The second-order valence-electron chi connectivity index (χ2n) is 21.4. The Hall–Kier alpha value is -3.44. The van der Waals surface area contributed by atoms with Gasteiger partial charge in [0, 0.05) is 12.8 Å². The number of allylic oxidation sites excluding steroid dienone is 18. The smallest absolute Gasteiger partial charge is 0.306 e. The lowest BCUT2D eigenvalue weighted by atomic mass is 10.0. The van der Waals surface area contributed by atoms with Crippen molar-refractivity contribution in [2.75, 3.05) is 13.2 Å². The number of carbonyl (C=O) groups is 2. The molecule has 1 N–H and O–H groups in total. The molecule has 0 spiro atoms. The molecule has 0 aromatic carbocycles. The Kier molecular flexibility index (Phi) is 62.9. The van der Waals surface area contributed by atoms with Crippen molar-refractivity contribution in [3.63, 3.8) is 0 Å². The first-order chi connectivity index (χ1) is 37.6. The van der Waals surface area contributed by atoms with Crippen LogP contribution in [-0.2, 0) is 19.1 Å². The Morgan fingerprint density at radius 1 is 0.303 bits per heavy atom. The van der Waals surface area contributed by atoms with Crippen molar-refractivity contribution in [1.29, 1.82) is 0 Å². The number of ether oxygens (including phenoxy) is 2. The van der Waals surface area contributed by atoms with E-state index in [-0.39, 0.29) is 25.2 Å². The maximum absolute atomic E-state index is 12.3. The quantitative estimate of drug-likeness (QED) is 0.0373. The van der Waals surface area contributed by atoms with E-state index in [1.807, 2.05) is 0 Å². The van der Waals surface area contributed by atoms with Gasteiger partial charge in [-0.25, -0.2) is 0 Å². The van der Waals surface area contributed by atoms with Crippen LogP contribution in [-0.4, -0.2) is 36.4 Å². The molecule has 0 aliphatic carbocycles. The van der Waals surface area contributed by atoms with E-state index in [1.54, 1.807) is 0 Å². The van der Waals surface area contributed by atoms with Gasteiger partial charge in [0.1, 0.15) is 6.61 Å². The SMILES string of the molecule is CC/C=C\C/C=C\C/C=C\C/C=C\C/C=C\CCCCCCCCCCCC(=O)OC(CO)COC(=O)CCCCCCCCCCCCCCCCCCCCCCCCCC/C=C\C/C=C\C/C=C\C/C=C\CC. The first-order valence-electron chi connectivity index (χ1n) is 32.4. The van der Waals surface area contributed by atoms with E-state index < -0.39 is 6.10 Å². The molecule has 5 nitrogen and oxygen atoms in total. The van der Waals surface area contributed by atoms with Gasteiger partial charge in [0.25, 0.3) is 0 Å². The van der Waals surface area contributed by atoms with Gasteiger partial charge >= 0.3 is 11.9 Å². The molecule has 0 radical (unpaired) electrons. The van der Waals surface area contributed by atoms with Gasteiger partial charge in [0.2, 0.25) is 0 Å². The van der Waals surface area contributed by atoms with Crippen LogP contribution < -0.4 is 0 Å². The van der Waals surface area contributed by atoms with Gasteiger partial charge in [-0.1, -0.05) is 309 Å². The number of aliphatic hydroxyl groups excluding tert-OH is 1. The fourth-order valence-corrected chi connectivity index (χ4v) is 9.28. The fraction of sp³-hybridized carbons (Fsp3) is 0.718. The minimum atomic E-state index is -0.781. The summed E-state index contributed by atoms with van der Waals surface area (Å²) in [6.07, 6.45) is 95.3. The van der Waals surface area contributed by atoms with E-state index in [0.717, 1.165) is 96.3 Å². The number of hydrogen-bond acceptors (Lipinski definition) is 5. The summed E-state index contributed by atoms with van der Waals surface area (Å²) in [5.41, 5.74) is 0. The molecule has 0 saturated carbocycles. The molecule has 5 heteroatoms. The highest BCUT2D eigenvalue weighted by molar-refractivity contribution is 5.70. The first-order valence-corrected chi connectivity index (χ1v) is 32.4. The summed E-state index contributed by atoms with van der Waals surface area (Å²) in [5.74, 6) is -0.589. The fourth-order valence-electron chi connectivity index (χ4n) is 9.28. The summed E-state index contributed by atoms with van der Waals surface area (Å²) in [6.45, 7) is 3.94. The topological polar surface area (TPSA) is 72.8 Å². The molecule has 0 saturated heterocycles. The maximum atomic E-state index is 12.3. The molecule has 0 aliphatic rings. The van der Waals surface area contributed by atoms with Crippen molar-refractivity contribution in [3.05, 3.63) is 109 Å². The predicted octanol–water partition coefficient (Wildman–Crippen LogP) is 22.4. The second kappa shape index (κ2) is 65.8. The highest BCUT2D eigenvalue weighted by Gasteiger charge is 2.16. The third kappa shape index (κ3) is 63.1. The lowest BCUT2D eigenvalue weighted by Crippen LogP contribution is -2.28. The second-order valence-corrected chi connectivity index (χ2v) is 21.4. The third-order valence-corrected chi connectivity index (χ3v) is 14.1. The highest BCUT2D eigenvalue weighted by atomic mass is 16.6. The zero-order valence-corrected chi connectivity index (χ0v) is 50.0.